The number of hydrogen-bond donors (Lipinski definition) is 1. The lowest BCUT2D eigenvalue weighted by atomic mass is 9.82. The Morgan fingerprint density at radius 3 is 2.36 bits per heavy atom. The van der Waals surface area contributed by atoms with E-state index in [2.05, 4.69) is 26.1 Å². The molecule has 1 heterocycles. The zero-order chi connectivity index (χ0) is 18.7. The molecule has 1 aromatic carbocycles. The Morgan fingerprint density at radius 2 is 1.72 bits per heavy atom. The van der Waals surface area contributed by atoms with Gasteiger partial charge in [-0.25, -0.2) is 4.79 Å². The summed E-state index contributed by atoms with van der Waals surface area (Å²) in [5.41, 5.74) is 0.0308. The lowest BCUT2D eigenvalue weighted by Gasteiger charge is -2.33. The van der Waals surface area contributed by atoms with Crippen LogP contribution in [0.4, 0.5) is 0 Å². The van der Waals surface area contributed by atoms with E-state index in [1.807, 2.05) is 13.8 Å². The van der Waals surface area contributed by atoms with Crippen molar-refractivity contribution in [2.45, 2.75) is 46.6 Å². The molecule has 1 aromatic rings. The first-order valence-electron chi connectivity index (χ1n) is 8.44. The number of rotatable bonds is 5. The van der Waals surface area contributed by atoms with E-state index in [0.717, 1.165) is 6.42 Å². The Balaban J connectivity index is 1.88. The van der Waals surface area contributed by atoms with Crippen LogP contribution in [0.25, 0.3) is 0 Å². The predicted octanol–water partition coefficient (Wildman–Crippen LogP) is 2.95. The average Bonchev–Trinajstić information content (AvgIpc) is 2.49. The molecule has 0 spiro atoms. The van der Waals surface area contributed by atoms with E-state index < -0.39 is 5.97 Å². The highest BCUT2D eigenvalue weighted by Crippen LogP contribution is 2.31. The molecule has 0 fully saturated rings. The van der Waals surface area contributed by atoms with E-state index in [9.17, 15) is 9.59 Å². The first kappa shape index (κ1) is 19.1. The van der Waals surface area contributed by atoms with Crippen molar-refractivity contribution in [1.82, 2.24) is 5.32 Å². The van der Waals surface area contributed by atoms with Crippen molar-refractivity contribution in [2.24, 2.45) is 5.41 Å². The highest BCUT2D eigenvalue weighted by molar-refractivity contribution is 5.92. The summed E-state index contributed by atoms with van der Waals surface area (Å²) in [5.74, 6) is 0.224. The van der Waals surface area contributed by atoms with Crippen LogP contribution < -0.4 is 14.8 Å². The molecule has 0 saturated heterocycles. The van der Waals surface area contributed by atoms with Gasteiger partial charge in [-0.2, -0.15) is 0 Å². The van der Waals surface area contributed by atoms with Crippen molar-refractivity contribution in [3.05, 3.63) is 23.8 Å². The fourth-order valence-corrected chi connectivity index (χ4v) is 3.17. The minimum Gasteiger partial charge on any atom is -0.486 e. The molecule has 2 rings (SSSR count). The van der Waals surface area contributed by atoms with Crippen molar-refractivity contribution in [3.8, 4) is 11.5 Å². The van der Waals surface area contributed by atoms with Crippen molar-refractivity contribution in [3.63, 3.8) is 0 Å². The van der Waals surface area contributed by atoms with Gasteiger partial charge in [-0.3, -0.25) is 4.79 Å². The normalized spacial score (nSPS) is 14.0. The first-order chi connectivity index (χ1) is 11.6. The Morgan fingerprint density at radius 1 is 1.08 bits per heavy atom. The lowest BCUT2D eigenvalue weighted by Crippen LogP contribution is -2.47. The van der Waals surface area contributed by atoms with Gasteiger partial charge in [0.1, 0.15) is 13.2 Å². The topological polar surface area (TPSA) is 73.9 Å². The van der Waals surface area contributed by atoms with Crippen LogP contribution in [0.15, 0.2) is 18.2 Å². The molecule has 25 heavy (non-hydrogen) atoms. The third-order valence-electron chi connectivity index (χ3n) is 3.56. The minimum atomic E-state index is -0.569. The monoisotopic (exact) mass is 349 g/mol. The van der Waals surface area contributed by atoms with Crippen molar-refractivity contribution < 1.29 is 23.8 Å². The molecule has 0 saturated carbocycles. The van der Waals surface area contributed by atoms with Crippen LogP contribution in [0, 0.1) is 5.41 Å². The lowest BCUT2D eigenvalue weighted by molar-refractivity contribution is -0.126. The van der Waals surface area contributed by atoms with Crippen LogP contribution in [-0.2, 0) is 9.53 Å². The van der Waals surface area contributed by atoms with Crippen LogP contribution in [-0.4, -0.2) is 37.2 Å². The summed E-state index contributed by atoms with van der Waals surface area (Å²) >= 11 is 0. The second kappa shape index (κ2) is 7.33. The summed E-state index contributed by atoms with van der Waals surface area (Å²) in [6.07, 6.45) is 0.807. The van der Waals surface area contributed by atoms with Crippen LogP contribution in [0.5, 0.6) is 11.5 Å². The number of hydrogen-bond acceptors (Lipinski definition) is 5. The van der Waals surface area contributed by atoms with Crippen molar-refractivity contribution in [2.75, 3.05) is 19.8 Å². The Kier molecular flexibility index (Phi) is 5.60. The van der Waals surface area contributed by atoms with Crippen molar-refractivity contribution in [1.29, 1.82) is 0 Å². The highest BCUT2D eigenvalue weighted by Gasteiger charge is 2.27. The van der Waals surface area contributed by atoms with Gasteiger partial charge in [0.05, 0.1) is 5.56 Å². The molecule has 6 nitrogen and oxygen atoms in total. The van der Waals surface area contributed by atoms with Gasteiger partial charge in [-0.1, -0.05) is 20.8 Å². The third kappa shape index (κ3) is 5.96. The molecule has 1 amide bonds. The Bertz CT molecular complexity index is 646. The van der Waals surface area contributed by atoms with Gasteiger partial charge in [0.25, 0.3) is 5.91 Å². The van der Waals surface area contributed by atoms with Gasteiger partial charge < -0.3 is 19.5 Å². The minimum absolute atomic E-state index is 0.0820. The summed E-state index contributed by atoms with van der Waals surface area (Å²) in [5, 5.41) is 2.91. The molecular formula is C19H27NO5. The maximum atomic E-state index is 12.1. The summed E-state index contributed by atoms with van der Waals surface area (Å²) in [7, 11) is 0. The predicted molar refractivity (Wildman–Crippen MR) is 94.0 cm³/mol. The van der Waals surface area contributed by atoms with Gasteiger partial charge in [-0.15, -0.1) is 0 Å². The molecule has 1 N–H and O–H groups in total. The molecule has 0 bridgehead atoms. The second-order valence-corrected chi connectivity index (χ2v) is 8.10. The molecule has 6 heteroatoms. The van der Waals surface area contributed by atoms with Crippen LogP contribution in [0.3, 0.4) is 0 Å². The molecule has 138 valence electrons. The molecule has 0 atom stereocenters. The quantitative estimate of drug-likeness (QED) is 0.828. The molecule has 1 aliphatic heterocycles. The zero-order valence-corrected chi connectivity index (χ0v) is 15.6. The fourth-order valence-electron chi connectivity index (χ4n) is 3.17. The van der Waals surface area contributed by atoms with Gasteiger partial charge in [0.2, 0.25) is 0 Å². The van der Waals surface area contributed by atoms with Crippen LogP contribution in [0.2, 0.25) is 0 Å². The largest absolute Gasteiger partial charge is 0.486 e. The fraction of sp³-hybridized carbons (Fsp3) is 0.579. The van der Waals surface area contributed by atoms with Crippen molar-refractivity contribution >= 4 is 11.9 Å². The SMILES string of the molecule is CC(C)(C)CC(C)(C)NC(=O)COC(=O)c1ccc2c(c1)OCCO2. The maximum absolute atomic E-state index is 12.1. The van der Waals surface area contributed by atoms with E-state index >= 15 is 0 Å². The van der Waals surface area contributed by atoms with Crippen LogP contribution in [0.1, 0.15) is 51.4 Å². The number of amides is 1. The van der Waals surface area contributed by atoms with E-state index in [0.29, 0.717) is 30.3 Å². The number of carbonyl (C=O) groups excluding carboxylic acids is 2. The molecule has 0 radical (unpaired) electrons. The van der Waals surface area contributed by atoms with Crippen LogP contribution >= 0.6 is 0 Å². The molecule has 0 unspecified atom stereocenters. The smallest absolute Gasteiger partial charge is 0.338 e. The average molecular weight is 349 g/mol. The maximum Gasteiger partial charge on any atom is 0.338 e. The van der Waals surface area contributed by atoms with Gasteiger partial charge in [0, 0.05) is 5.54 Å². The third-order valence-corrected chi connectivity index (χ3v) is 3.56. The van der Waals surface area contributed by atoms with Gasteiger partial charge in [0.15, 0.2) is 18.1 Å². The van der Waals surface area contributed by atoms with Gasteiger partial charge >= 0.3 is 5.97 Å². The number of esters is 1. The summed E-state index contributed by atoms with van der Waals surface area (Å²) in [4.78, 5) is 24.2. The number of benzene rings is 1. The zero-order valence-electron chi connectivity index (χ0n) is 15.6. The first-order valence-corrected chi connectivity index (χ1v) is 8.44. The molecule has 1 aliphatic rings. The van der Waals surface area contributed by atoms with E-state index in [-0.39, 0.29) is 23.5 Å². The number of carbonyl (C=O) groups is 2. The summed E-state index contributed by atoms with van der Waals surface area (Å²) in [6, 6.07) is 4.83. The standard InChI is InChI=1S/C19H27NO5/c1-18(2,3)12-19(4,5)20-16(21)11-25-17(22)13-6-7-14-15(10-13)24-9-8-23-14/h6-7,10H,8-9,11-12H2,1-5H3,(H,20,21). The Hall–Kier alpha value is -2.24. The Labute approximate surface area is 148 Å². The number of ether oxygens (including phenoxy) is 3. The molecule has 0 aliphatic carbocycles. The second-order valence-electron chi connectivity index (χ2n) is 8.10. The number of fused-ring (bicyclic) bond motifs is 1. The van der Waals surface area contributed by atoms with E-state index in [4.69, 9.17) is 14.2 Å². The number of nitrogens with one attached hydrogen (secondary N) is 1. The van der Waals surface area contributed by atoms with E-state index in [1.54, 1.807) is 18.2 Å². The van der Waals surface area contributed by atoms with E-state index in [1.165, 1.54) is 0 Å². The summed E-state index contributed by atoms with van der Waals surface area (Å²) in [6.45, 7) is 10.9. The van der Waals surface area contributed by atoms with Gasteiger partial charge in [-0.05, 0) is 43.9 Å². The summed E-state index contributed by atoms with van der Waals surface area (Å²) < 4.78 is 16.0. The molecular weight excluding hydrogens is 322 g/mol. The molecule has 0 aromatic heterocycles. The highest BCUT2D eigenvalue weighted by atomic mass is 16.6.